The van der Waals surface area contributed by atoms with E-state index in [1.807, 2.05) is 0 Å². The summed E-state index contributed by atoms with van der Waals surface area (Å²) in [7, 11) is -3.84. The Morgan fingerprint density at radius 1 is 1.39 bits per heavy atom. The van der Waals surface area contributed by atoms with Gasteiger partial charge in [-0.05, 0) is 39.6 Å². The molecular formula is C12H14N2O3S. The third-order valence-corrected chi connectivity index (χ3v) is 5.04. The van der Waals surface area contributed by atoms with Gasteiger partial charge in [-0.2, -0.15) is 5.26 Å². The Balaban J connectivity index is 3.80. The number of aromatic hydroxyl groups is 1. The predicted molar refractivity (Wildman–Crippen MR) is 69.0 cm³/mol. The van der Waals surface area contributed by atoms with Crippen molar-refractivity contribution in [3.05, 3.63) is 17.7 Å². The molecule has 0 saturated heterocycles. The Kier molecular flexibility index (Phi) is 3.49. The first-order valence-corrected chi connectivity index (χ1v) is 6.62. The van der Waals surface area contributed by atoms with Crippen LogP contribution in [0.2, 0.25) is 0 Å². The number of benzene rings is 1. The third-order valence-electron chi connectivity index (χ3n) is 2.48. The van der Waals surface area contributed by atoms with E-state index in [0.29, 0.717) is 0 Å². The summed E-state index contributed by atoms with van der Waals surface area (Å²) >= 11 is 0. The van der Waals surface area contributed by atoms with Crippen LogP contribution in [-0.2, 0) is 9.84 Å². The molecule has 96 valence electrons. The summed E-state index contributed by atoms with van der Waals surface area (Å²) < 4.78 is 23.6. The van der Waals surface area contributed by atoms with Crippen LogP contribution in [-0.4, -0.2) is 25.0 Å². The van der Waals surface area contributed by atoms with Gasteiger partial charge in [0.1, 0.15) is 16.7 Å². The molecule has 1 aromatic rings. The van der Waals surface area contributed by atoms with Gasteiger partial charge in [-0.3, -0.25) is 4.99 Å². The summed E-state index contributed by atoms with van der Waals surface area (Å²) in [6.45, 7) is 7.74. The monoisotopic (exact) mass is 266 g/mol. The van der Waals surface area contributed by atoms with E-state index in [4.69, 9.17) is 5.26 Å². The van der Waals surface area contributed by atoms with Crippen molar-refractivity contribution in [3.8, 4) is 11.8 Å². The molecule has 0 aliphatic carbocycles. The number of aliphatic imine (C=N–C) groups is 1. The Labute approximate surface area is 106 Å². The maximum atomic E-state index is 12.3. The van der Waals surface area contributed by atoms with Crippen molar-refractivity contribution in [2.24, 2.45) is 4.99 Å². The van der Waals surface area contributed by atoms with Crippen molar-refractivity contribution in [3.63, 3.8) is 0 Å². The maximum Gasteiger partial charge on any atom is 0.188 e. The lowest BCUT2D eigenvalue weighted by Crippen LogP contribution is -2.28. The van der Waals surface area contributed by atoms with Gasteiger partial charge in [-0.1, -0.05) is 0 Å². The first-order valence-electron chi connectivity index (χ1n) is 5.14. The molecule has 1 aromatic carbocycles. The van der Waals surface area contributed by atoms with Crippen molar-refractivity contribution < 1.29 is 13.5 Å². The normalized spacial score (nSPS) is 11.9. The van der Waals surface area contributed by atoms with Crippen LogP contribution in [0, 0.1) is 11.3 Å². The fourth-order valence-electron chi connectivity index (χ4n) is 1.35. The quantitative estimate of drug-likeness (QED) is 0.830. The van der Waals surface area contributed by atoms with Crippen molar-refractivity contribution in [2.45, 2.75) is 30.4 Å². The molecule has 1 N–H and O–H groups in total. The van der Waals surface area contributed by atoms with Crippen LogP contribution in [0.1, 0.15) is 26.3 Å². The van der Waals surface area contributed by atoms with Gasteiger partial charge in [-0.25, -0.2) is 8.42 Å². The molecular weight excluding hydrogens is 252 g/mol. The second-order valence-corrected chi connectivity index (χ2v) is 7.34. The van der Waals surface area contributed by atoms with Crippen LogP contribution in [0.3, 0.4) is 0 Å². The van der Waals surface area contributed by atoms with Gasteiger partial charge in [0.05, 0.1) is 10.3 Å². The van der Waals surface area contributed by atoms with Crippen molar-refractivity contribution in [1.82, 2.24) is 0 Å². The summed E-state index contributed by atoms with van der Waals surface area (Å²) in [4.78, 5) is 3.14. The second-order valence-electron chi connectivity index (χ2n) is 4.70. The van der Waals surface area contributed by atoms with E-state index in [9.17, 15) is 13.5 Å². The van der Waals surface area contributed by atoms with Crippen LogP contribution in [0.4, 0.5) is 5.69 Å². The second kappa shape index (κ2) is 4.42. The number of rotatable bonds is 2. The average Bonchev–Trinajstić information content (AvgIpc) is 2.26. The van der Waals surface area contributed by atoms with Crippen LogP contribution in [0.15, 0.2) is 22.0 Å². The number of phenolic OH excluding ortho intramolecular Hbond substituents is 1. The topological polar surface area (TPSA) is 90.5 Å². The Morgan fingerprint density at radius 2 is 1.94 bits per heavy atom. The Morgan fingerprint density at radius 3 is 2.33 bits per heavy atom. The summed E-state index contributed by atoms with van der Waals surface area (Å²) in [5.74, 6) is -0.529. The summed E-state index contributed by atoms with van der Waals surface area (Å²) in [5.41, 5.74) is -0.0633. The lowest BCUT2D eigenvalue weighted by Gasteiger charge is -2.21. The third kappa shape index (κ3) is 2.09. The van der Waals surface area contributed by atoms with E-state index in [0.717, 1.165) is 0 Å². The first-order chi connectivity index (χ1) is 8.16. The molecule has 1 rings (SSSR count). The highest BCUT2D eigenvalue weighted by atomic mass is 32.2. The van der Waals surface area contributed by atoms with Gasteiger partial charge >= 0.3 is 0 Å². The number of nitriles is 1. The highest BCUT2D eigenvalue weighted by Crippen LogP contribution is 2.39. The van der Waals surface area contributed by atoms with Crippen molar-refractivity contribution >= 4 is 22.2 Å². The molecule has 5 nitrogen and oxygen atoms in total. The fraction of sp³-hybridized carbons (Fsp3) is 0.333. The van der Waals surface area contributed by atoms with Crippen LogP contribution in [0.25, 0.3) is 0 Å². The molecule has 0 spiro atoms. The number of phenols is 1. The molecule has 0 aliphatic rings. The minimum atomic E-state index is -3.84. The smallest absolute Gasteiger partial charge is 0.188 e. The van der Waals surface area contributed by atoms with E-state index in [1.54, 1.807) is 6.07 Å². The van der Waals surface area contributed by atoms with Crippen molar-refractivity contribution in [1.29, 1.82) is 5.26 Å². The molecule has 0 atom stereocenters. The van der Waals surface area contributed by atoms with E-state index in [-0.39, 0.29) is 16.1 Å². The Bertz CT molecular complexity index is 635. The van der Waals surface area contributed by atoms with Gasteiger partial charge in [-0.15, -0.1) is 0 Å². The molecule has 0 aliphatic heterocycles. The maximum absolute atomic E-state index is 12.3. The molecule has 0 fully saturated rings. The van der Waals surface area contributed by atoms with Crippen LogP contribution >= 0.6 is 0 Å². The fourth-order valence-corrected chi connectivity index (χ4v) is 2.73. The Hall–Kier alpha value is -1.87. The molecule has 0 bridgehead atoms. The van der Waals surface area contributed by atoms with E-state index < -0.39 is 20.3 Å². The summed E-state index contributed by atoms with van der Waals surface area (Å²) in [5, 5.41) is 18.9. The highest BCUT2D eigenvalue weighted by molar-refractivity contribution is 7.93. The molecule has 0 radical (unpaired) electrons. The number of hydrogen-bond donors (Lipinski definition) is 1. The van der Waals surface area contributed by atoms with Crippen LogP contribution in [0.5, 0.6) is 5.75 Å². The zero-order chi connectivity index (χ0) is 14.1. The zero-order valence-corrected chi connectivity index (χ0v) is 11.2. The largest absolute Gasteiger partial charge is 0.504 e. The summed E-state index contributed by atoms with van der Waals surface area (Å²) in [6.07, 6.45) is 0. The lowest BCUT2D eigenvalue weighted by molar-refractivity contribution is 0.457. The van der Waals surface area contributed by atoms with Gasteiger partial charge in [0.15, 0.2) is 15.6 Å². The molecule has 0 unspecified atom stereocenters. The molecule has 6 heteroatoms. The van der Waals surface area contributed by atoms with E-state index in [2.05, 4.69) is 11.7 Å². The van der Waals surface area contributed by atoms with Gasteiger partial charge in [0, 0.05) is 0 Å². The number of sulfone groups is 1. The number of nitrogens with zero attached hydrogens (tertiary/aromatic N) is 2. The van der Waals surface area contributed by atoms with E-state index in [1.165, 1.54) is 32.9 Å². The molecule has 0 aromatic heterocycles. The van der Waals surface area contributed by atoms with E-state index >= 15 is 0 Å². The van der Waals surface area contributed by atoms with Gasteiger partial charge in [0.2, 0.25) is 0 Å². The summed E-state index contributed by atoms with van der Waals surface area (Å²) in [6, 6.07) is 4.42. The first kappa shape index (κ1) is 14.2. The van der Waals surface area contributed by atoms with Gasteiger partial charge in [0.25, 0.3) is 0 Å². The average molecular weight is 266 g/mol. The SMILES string of the molecule is C=Nc1ccc(C#N)c(S(=O)(=O)C(C)(C)C)c1O. The molecule has 0 saturated carbocycles. The molecule has 0 amide bonds. The van der Waals surface area contributed by atoms with Gasteiger partial charge < -0.3 is 5.11 Å². The van der Waals surface area contributed by atoms with Crippen molar-refractivity contribution in [2.75, 3.05) is 0 Å². The molecule has 0 heterocycles. The van der Waals surface area contributed by atoms with Crippen LogP contribution < -0.4 is 0 Å². The predicted octanol–water partition coefficient (Wildman–Crippen LogP) is 2.17. The lowest BCUT2D eigenvalue weighted by atomic mass is 10.2. The molecule has 18 heavy (non-hydrogen) atoms. The zero-order valence-electron chi connectivity index (χ0n) is 10.4. The number of hydrogen-bond acceptors (Lipinski definition) is 5. The minimum Gasteiger partial charge on any atom is -0.504 e. The highest BCUT2D eigenvalue weighted by Gasteiger charge is 2.36. The standard InChI is InChI=1S/C12H14N2O3S/c1-12(2,3)18(16,17)11-8(7-13)5-6-9(14-4)10(11)15/h5-6,15H,4H2,1-3H3. The minimum absolute atomic E-state index is 0.0387.